The number of carbonyl (C=O) groups excluding carboxylic acids is 1. The largest absolute Gasteiger partial charge is 0.373 e. The van der Waals surface area contributed by atoms with Crippen LogP contribution in [-0.2, 0) is 9.53 Å². The van der Waals surface area contributed by atoms with Crippen molar-refractivity contribution in [3.05, 3.63) is 18.0 Å². The highest BCUT2D eigenvalue weighted by Crippen LogP contribution is 2.37. The van der Waals surface area contributed by atoms with Crippen LogP contribution in [0.4, 0.5) is 0 Å². The number of aromatic nitrogens is 2. The highest BCUT2D eigenvalue weighted by molar-refractivity contribution is 6.63. The first-order valence-corrected chi connectivity index (χ1v) is 6.47. The van der Waals surface area contributed by atoms with Crippen molar-refractivity contribution >= 4 is 16.8 Å². The van der Waals surface area contributed by atoms with Crippen molar-refractivity contribution in [3.63, 3.8) is 0 Å². The highest BCUT2D eigenvalue weighted by Gasteiger charge is 2.30. The summed E-state index contributed by atoms with van der Waals surface area (Å²) in [6.45, 7) is 0.600. The number of hydrogen-bond acceptors (Lipinski definition) is 3. The SMILES string of the molecule is O=C(Cl)C1CCOC(c2cnn(C3CC3)c2)C1. The summed E-state index contributed by atoms with van der Waals surface area (Å²) in [5.41, 5.74) is 1.07. The van der Waals surface area contributed by atoms with Gasteiger partial charge in [-0.1, -0.05) is 0 Å². The van der Waals surface area contributed by atoms with Crippen LogP contribution in [0, 0.1) is 5.92 Å². The van der Waals surface area contributed by atoms with E-state index < -0.39 is 0 Å². The standard InChI is InChI=1S/C12H15ClN2O2/c13-12(16)8-3-4-17-11(5-8)9-6-14-15(7-9)10-1-2-10/h6-8,10-11H,1-5H2. The van der Waals surface area contributed by atoms with E-state index in [0.717, 1.165) is 12.0 Å². The molecule has 0 N–H and O–H groups in total. The third-order valence-electron chi connectivity index (χ3n) is 3.52. The molecule has 2 fully saturated rings. The Labute approximate surface area is 105 Å². The lowest BCUT2D eigenvalue weighted by Crippen LogP contribution is -2.23. The summed E-state index contributed by atoms with van der Waals surface area (Å²) >= 11 is 5.56. The number of nitrogens with zero attached hydrogens (tertiary/aromatic N) is 2. The van der Waals surface area contributed by atoms with Crippen molar-refractivity contribution in [2.45, 2.75) is 37.8 Å². The molecule has 0 bridgehead atoms. The first kappa shape index (κ1) is 11.2. The molecule has 0 radical (unpaired) electrons. The minimum absolute atomic E-state index is 0.0241. The van der Waals surface area contributed by atoms with Gasteiger partial charge in [-0.05, 0) is 37.3 Å². The molecule has 0 aromatic carbocycles. The fraction of sp³-hybridized carbons (Fsp3) is 0.667. The zero-order chi connectivity index (χ0) is 11.8. The van der Waals surface area contributed by atoms with Crippen LogP contribution in [0.25, 0.3) is 0 Å². The molecule has 1 saturated carbocycles. The lowest BCUT2D eigenvalue weighted by Gasteiger charge is -2.26. The van der Waals surface area contributed by atoms with Crippen molar-refractivity contribution < 1.29 is 9.53 Å². The smallest absolute Gasteiger partial charge is 0.224 e. The Hall–Kier alpha value is -0.870. The Balaban J connectivity index is 1.71. The number of ether oxygens (including phenoxy) is 1. The second-order valence-corrected chi connectivity index (χ2v) is 5.24. The van der Waals surface area contributed by atoms with E-state index in [2.05, 4.69) is 5.10 Å². The molecule has 1 aromatic heterocycles. The average Bonchev–Trinajstić information content (AvgIpc) is 3.07. The zero-order valence-corrected chi connectivity index (χ0v) is 10.3. The topological polar surface area (TPSA) is 44.1 Å². The van der Waals surface area contributed by atoms with Crippen LogP contribution in [-0.4, -0.2) is 21.6 Å². The minimum atomic E-state index is -0.243. The summed E-state index contributed by atoms with van der Waals surface area (Å²) in [4.78, 5) is 11.2. The molecule has 17 heavy (non-hydrogen) atoms. The van der Waals surface area contributed by atoms with Crippen LogP contribution < -0.4 is 0 Å². The normalized spacial score (nSPS) is 29.2. The predicted molar refractivity (Wildman–Crippen MR) is 62.8 cm³/mol. The molecule has 2 heterocycles. The third kappa shape index (κ3) is 2.38. The van der Waals surface area contributed by atoms with E-state index in [4.69, 9.17) is 16.3 Å². The van der Waals surface area contributed by atoms with Crippen molar-refractivity contribution in [3.8, 4) is 0 Å². The molecule has 2 unspecified atom stereocenters. The fourth-order valence-corrected chi connectivity index (χ4v) is 2.49. The highest BCUT2D eigenvalue weighted by atomic mass is 35.5. The van der Waals surface area contributed by atoms with Gasteiger partial charge in [-0.3, -0.25) is 9.48 Å². The molecular formula is C12H15ClN2O2. The Bertz CT molecular complexity index is 428. The lowest BCUT2D eigenvalue weighted by molar-refractivity contribution is -0.120. The van der Waals surface area contributed by atoms with Crippen LogP contribution in [0.15, 0.2) is 12.4 Å². The zero-order valence-electron chi connectivity index (χ0n) is 9.51. The molecule has 1 saturated heterocycles. The number of rotatable bonds is 3. The van der Waals surface area contributed by atoms with E-state index in [9.17, 15) is 4.79 Å². The van der Waals surface area contributed by atoms with E-state index in [-0.39, 0.29) is 17.3 Å². The van der Waals surface area contributed by atoms with Gasteiger partial charge >= 0.3 is 0 Å². The van der Waals surface area contributed by atoms with Gasteiger partial charge in [-0.25, -0.2) is 0 Å². The van der Waals surface area contributed by atoms with Gasteiger partial charge in [-0.15, -0.1) is 0 Å². The van der Waals surface area contributed by atoms with Gasteiger partial charge in [0, 0.05) is 24.3 Å². The molecular weight excluding hydrogens is 240 g/mol. The molecule has 92 valence electrons. The Morgan fingerprint density at radius 1 is 1.47 bits per heavy atom. The molecule has 0 spiro atoms. The summed E-state index contributed by atoms with van der Waals surface area (Å²) in [6, 6.07) is 0.581. The first-order chi connectivity index (χ1) is 8.24. The Morgan fingerprint density at radius 2 is 2.29 bits per heavy atom. The second-order valence-electron chi connectivity index (χ2n) is 4.87. The molecule has 0 amide bonds. The number of halogens is 1. The maximum Gasteiger partial charge on any atom is 0.224 e. The maximum atomic E-state index is 11.2. The molecule has 2 aliphatic rings. The maximum absolute atomic E-state index is 11.2. The van der Waals surface area contributed by atoms with Gasteiger partial charge in [0.15, 0.2) is 0 Å². The number of hydrogen-bond donors (Lipinski definition) is 0. The van der Waals surface area contributed by atoms with Gasteiger partial charge in [0.1, 0.15) is 0 Å². The van der Waals surface area contributed by atoms with Crippen LogP contribution >= 0.6 is 11.6 Å². The molecule has 4 nitrogen and oxygen atoms in total. The summed E-state index contributed by atoms with van der Waals surface area (Å²) in [5.74, 6) is -0.0697. The predicted octanol–water partition coefficient (Wildman–Crippen LogP) is 2.45. The lowest BCUT2D eigenvalue weighted by atomic mass is 9.94. The summed E-state index contributed by atoms with van der Waals surface area (Å²) in [6.07, 6.45) is 7.72. The van der Waals surface area contributed by atoms with E-state index in [0.29, 0.717) is 19.1 Å². The van der Waals surface area contributed by atoms with Gasteiger partial charge in [0.2, 0.25) is 5.24 Å². The van der Waals surface area contributed by atoms with Gasteiger partial charge < -0.3 is 4.74 Å². The van der Waals surface area contributed by atoms with Gasteiger partial charge in [0.05, 0.1) is 18.3 Å². The van der Waals surface area contributed by atoms with Crippen LogP contribution in [0.1, 0.15) is 43.4 Å². The molecule has 5 heteroatoms. The quantitative estimate of drug-likeness (QED) is 0.779. The van der Waals surface area contributed by atoms with Crippen molar-refractivity contribution in [1.29, 1.82) is 0 Å². The summed E-state index contributed by atoms with van der Waals surface area (Å²) in [7, 11) is 0. The van der Waals surface area contributed by atoms with Gasteiger partial charge in [-0.2, -0.15) is 5.10 Å². The number of carbonyl (C=O) groups is 1. The van der Waals surface area contributed by atoms with Crippen LogP contribution in [0.3, 0.4) is 0 Å². The third-order valence-corrected chi connectivity index (χ3v) is 3.83. The minimum Gasteiger partial charge on any atom is -0.373 e. The van der Waals surface area contributed by atoms with Crippen molar-refractivity contribution in [2.75, 3.05) is 6.61 Å². The Morgan fingerprint density at radius 3 is 3.00 bits per heavy atom. The molecule has 1 aromatic rings. The molecule has 3 rings (SSSR count). The van der Waals surface area contributed by atoms with Crippen molar-refractivity contribution in [1.82, 2.24) is 9.78 Å². The molecule has 1 aliphatic carbocycles. The second kappa shape index (κ2) is 4.42. The van der Waals surface area contributed by atoms with Crippen molar-refractivity contribution in [2.24, 2.45) is 5.92 Å². The summed E-state index contributed by atoms with van der Waals surface area (Å²) < 4.78 is 7.70. The molecule has 1 aliphatic heterocycles. The van der Waals surface area contributed by atoms with E-state index in [1.54, 1.807) is 0 Å². The first-order valence-electron chi connectivity index (χ1n) is 6.09. The van der Waals surface area contributed by atoms with E-state index in [1.165, 1.54) is 12.8 Å². The molecule has 2 atom stereocenters. The Kier molecular flexibility index (Phi) is 2.92. The van der Waals surface area contributed by atoms with Crippen LogP contribution in [0.5, 0.6) is 0 Å². The van der Waals surface area contributed by atoms with Crippen LogP contribution in [0.2, 0.25) is 0 Å². The monoisotopic (exact) mass is 254 g/mol. The summed E-state index contributed by atoms with van der Waals surface area (Å²) in [5, 5.41) is 4.10. The van der Waals surface area contributed by atoms with E-state index in [1.807, 2.05) is 17.1 Å². The average molecular weight is 255 g/mol. The van der Waals surface area contributed by atoms with Gasteiger partial charge in [0.25, 0.3) is 0 Å². The fourth-order valence-electron chi connectivity index (χ4n) is 2.29. The van der Waals surface area contributed by atoms with E-state index >= 15 is 0 Å².